The molecule has 9 heteroatoms. The van der Waals surface area contributed by atoms with Crippen molar-refractivity contribution in [1.29, 1.82) is 0 Å². The van der Waals surface area contributed by atoms with Gasteiger partial charge in [0.2, 0.25) is 0 Å². The maximum absolute atomic E-state index is 13.3. The van der Waals surface area contributed by atoms with Crippen LogP contribution in [0.5, 0.6) is 0 Å². The maximum Gasteiger partial charge on any atom is 0.267 e. The molecule has 0 amide bonds. The van der Waals surface area contributed by atoms with E-state index in [-0.39, 0.29) is 5.56 Å². The number of nitrogens with zero attached hydrogens (tertiary/aromatic N) is 5. The normalized spacial score (nSPS) is 11.2. The van der Waals surface area contributed by atoms with Crippen molar-refractivity contribution in [3.05, 3.63) is 93.6 Å². The van der Waals surface area contributed by atoms with E-state index < -0.39 is 0 Å². The maximum atomic E-state index is 13.3. The summed E-state index contributed by atoms with van der Waals surface area (Å²) in [5.74, 6) is 1.67. The van der Waals surface area contributed by atoms with Crippen molar-refractivity contribution in [2.75, 3.05) is 0 Å². The monoisotopic (exact) mass is 461 g/mol. The summed E-state index contributed by atoms with van der Waals surface area (Å²) in [6.07, 6.45) is 1.72. The Morgan fingerprint density at radius 3 is 2.66 bits per heavy atom. The predicted octanol–water partition coefficient (Wildman–Crippen LogP) is 5.08. The summed E-state index contributed by atoms with van der Waals surface area (Å²) in [7, 11) is 0. The van der Waals surface area contributed by atoms with Crippen LogP contribution in [0.15, 0.2) is 81.3 Å². The van der Waals surface area contributed by atoms with Gasteiger partial charge in [-0.3, -0.25) is 4.79 Å². The Morgan fingerprint density at radius 2 is 1.84 bits per heavy atom. The van der Waals surface area contributed by atoms with E-state index in [1.807, 2.05) is 49.4 Å². The van der Waals surface area contributed by atoms with Crippen LogP contribution in [0.1, 0.15) is 11.4 Å². The summed E-state index contributed by atoms with van der Waals surface area (Å²) in [6, 6.07) is 18.2. The quantitative estimate of drug-likeness (QED) is 0.266. The molecule has 0 aliphatic carbocycles. The topological polar surface area (TPSA) is 86.7 Å². The van der Waals surface area contributed by atoms with Gasteiger partial charge in [0.15, 0.2) is 11.0 Å². The van der Waals surface area contributed by atoms with Crippen molar-refractivity contribution in [3.63, 3.8) is 0 Å². The highest BCUT2D eigenvalue weighted by Crippen LogP contribution is 2.28. The SMILES string of the molecule is Cc1ccc(-n2c(SCc3noc(-c4ccccc4Cl)n3)nc3ccccc3c2=O)nc1. The van der Waals surface area contributed by atoms with Gasteiger partial charge in [-0.05, 0) is 42.8 Å². The molecule has 0 bridgehead atoms. The Morgan fingerprint density at radius 1 is 1.03 bits per heavy atom. The highest BCUT2D eigenvalue weighted by atomic mass is 35.5. The molecule has 2 aromatic carbocycles. The van der Waals surface area contributed by atoms with Crippen LogP contribution in [0.25, 0.3) is 28.2 Å². The Bertz CT molecular complexity index is 1480. The molecule has 0 saturated heterocycles. The van der Waals surface area contributed by atoms with Gasteiger partial charge in [0.05, 0.1) is 27.2 Å². The van der Waals surface area contributed by atoms with Gasteiger partial charge in [-0.15, -0.1) is 0 Å². The molecule has 0 spiro atoms. The first kappa shape index (κ1) is 20.4. The highest BCUT2D eigenvalue weighted by Gasteiger charge is 2.17. The van der Waals surface area contributed by atoms with Crippen LogP contribution >= 0.6 is 23.4 Å². The first-order valence-electron chi connectivity index (χ1n) is 9.75. The smallest absolute Gasteiger partial charge is 0.267 e. The lowest BCUT2D eigenvalue weighted by Gasteiger charge is -2.12. The number of halogens is 1. The molecule has 32 heavy (non-hydrogen) atoms. The van der Waals surface area contributed by atoms with Crippen LogP contribution in [0.4, 0.5) is 0 Å². The van der Waals surface area contributed by atoms with Crippen LogP contribution in [0, 0.1) is 6.92 Å². The molecule has 0 atom stereocenters. The Balaban J connectivity index is 1.52. The van der Waals surface area contributed by atoms with E-state index in [1.165, 1.54) is 16.3 Å². The number of hydrogen-bond acceptors (Lipinski definition) is 7. The molecule has 3 heterocycles. The highest BCUT2D eigenvalue weighted by molar-refractivity contribution is 7.98. The third-order valence-corrected chi connectivity index (χ3v) is 6.04. The molecule has 0 aliphatic rings. The first-order valence-corrected chi connectivity index (χ1v) is 11.1. The molecule has 0 saturated carbocycles. The van der Waals surface area contributed by atoms with Gasteiger partial charge in [0, 0.05) is 6.20 Å². The van der Waals surface area contributed by atoms with Crippen molar-refractivity contribution in [2.24, 2.45) is 0 Å². The van der Waals surface area contributed by atoms with E-state index in [0.717, 1.165) is 5.56 Å². The number of pyridine rings is 1. The molecule has 3 aromatic heterocycles. The van der Waals surface area contributed by atoms with Crippen LogP contribution in [0.2, 0.25) is 5.02 Å². The van der Waals surface area contributed by atoms with E-state index in [4.69, 9.17) is 21.1 Å². The Labute approximate surface area is 192 Å². The lowest BCUT2D eigenvalue weighted by Crippen LogP contribution is -2.22. The largest absolute Gasteiger partial charge is 0.334 e. The van der Waals surface area contributed by atoms with Gasteiger partial charge in [-0.2, -0.15) is 4.98 Å². The van der Waals surface area contributed by atoms with Gasteiger partial charge in [0.1, 0.15) is 5.82 Å². The van der Waals surface area contributed by atoms with E-state index in [1.54, 1.807) is 24.4 Å². The predicted molar refractivity (Wildman–Crippen MR) is 124 cm³/mol. The van der Waals surface area contributed by atoms with Gasteiger partial charge in [0.25, 0.3) is 11.4 Å². The summed E-state index contributed by atoms with van der Waals surface area (Å²) in [6.45, 7) is 1.95. The Kier molecular flexibility index (Phi) is 5.46. The molecule has 5 rings (SSSR count). The number of benzene rings is 2. The molecule has 0 N–H and O–H groups in total. The average molecular weight is 462 g/mol. The standard InChI is InChI=1S/C23H16ClN5O2S/c1-14-10-11-20(25-12-14)29-22(30)16-7-3-5-9-18(16)26-23(29)32-13-19-27-21(31-28-19)15-6-2-4-8-17(15)24/h2-12H,13H2,1H3. The molecule has 0 fully saturated rings. The van der Waals surface area contributed by atoms with Crippen LogP contribution in [0.3, 0.4) is 0 Å². The fraction of sp³-hybridized carbons (Fsp3) is 0.0870. The van der Waals surface area contributed by atoms with Gasteiger partial charge in [-0.1, -0.05) is 58.9 Å². The zero-order chi connectivity index (χ0) is 22.1. The molecule has 5 aromatic rings. The number of aryl methyl sites for hydroxylation is 1. The van der Waals surface area contributed by atoms with Gasteiger partial charge >= 0.3 is 0 Å². The molecule has 0 radical (unpaired) electrons. The van der Waals surface area contributed by atoms with Gasteiger partial charge in [-0.25, -0.2) is 14.5 Å². The molecular weight excluding hydrogens is 446 g/mol. The molecular formula is C23H16ClN5O2S. The molecule has 0 unspecified atom stereocenters. The number of rotatable bonds is 5. The fourth-order valence-corrected chi connectivity index (χ4v) is 4.25. The third-order valence-electron chi connectivity index (χ3n) is 4.77. The summed E-state index contributed by atoms with van der Waals surface area (Å²) in [5.41, 5.74) is 2.11. The van der Waals surface area contributed by atoms with Crippen molar-refractivity contribution in [1.82, 2.24) is 24.7 Å². The second kappa shape index (κ2) is 8.57. The molecule has 7 nitrogen and oxygen atoms in total. The second-order valence-electron chi connectivity index (χ2n) is 7.03. The fourth-order valence-electron chi connectivity index (χ4n) is 3.19. The molecule has 158 valence electrons. The van der Waals surface area contributed by atoms with Crippen LogP contribution in [-0.4, -0.2) is 24.7 Å². The van der Waals surface area contributed by atoms with E-state index in [9.17, 15) is 4.79 Å². The van der Waals surface area contributed by atoms with Crippen LogP contribution in [-0.2, 0) is 5.75 Å². The van der Waals surface area contributed by atoms with Crippen molar-refractivity contribution >= 4 is 34.3 Å². The second-order valence-corrected chi connectivity index (χ2v) is 8.38. The lowest BCUT2D eigenvalue weighted by molar-refractivity contribution is 0.425. The summed E-state index contributed by atoms with van der Waals surface area (Å²) in [5, 5.41) is 5.61. The Hall–Kier alpha value is -3.49. The average Bonchev–Trinajstić information content (AvgIpc) is 3.28. The van der Waals surface area contributed by atoms with E-state index >= 15 is 0 Å². The summed E-state index contributed by atoms with van der Waals surface area (Å²) in [4.78, 5) is 26.9. The van der Waals surface area contributed by atoms with E-state index in [2.05, 4.69) is 15.1 Å². The lowest BCUT2D eigenvalue weighted by atomic mass is 10.2. The minimum absolute atomic E-state index is 0.181. The summed E-state index contributed by atoms with van der Waals surface area (Å²) >= 11 is 7.56. The minimum atomic E-state index is -0.181. The number of aromatic nitrogens is 5. The number of fused-ring (bicyclic) bond motifs is 1. The van der Waals surface area contributed by atoms with Crippen LogP contribution < -0.4 is 5.56 Å². The van der Waals surface area contributed by atoms with E-state index in [0.29, 0.717) is 49.9 Å². The number of hydrogen-bond donors (Lipinski definition) is 0. The zero-order valence-corrected chi connectivity index (χ0v) is 18.5. The molecule has 0 aliphatic heterocycles. The summed E-state index contributed by atoms with van der Waals surface area (Å²) < 4.78 is 6.90. The van der Waals surface area contributed by atoms with Crippen molar-refractivity contribution < 1.29 is 4.52 Å². The van der Waals surface area contributed by atoms with Crippen molar-refractivity contribution in [2.45, 2.75) is 17.8 Å². The number of thioether (sulfide) groups is 1. The zero-order valence-electron chi connectivity index (χ0n) is 16.9. The minimum Gasteiger partial charge on any atom is -0.334 e. The number of para-hydroxylation sites is 1. The third kappa shape index (κ3) is 3.90. The van der Waals surface area contributed by atoms with Gasteiger partial charge < -0.3 is 4.52 Å². The first-order chi connectivity index (χ1) is 15.6. The van der Waals surface area contributed by atoms with Crippen molar-refractivity contribution in [3.8, 4) is 17.3 Å².